The quantitative estimate of drug-likeness (QED) is 0.740. The normalized spacial score (nSPS) is 30.4. The summed E-state index contributed by atoms with van der Waals surface area (Å²) in [7, 11) is 0. The molecule has 3 fully saturated rings. The summed E-state index contributed by atoms with van der Waals surface area (Å²) in [6, 6.07) is 11.0. The molecule has 0 amide bonds. The number of anilines is 1. The molecule has 3 aliphatic carbocycles. The van der Waals surface area contributed by atoms with Gasteiger partial charge in [0, 0.05) is 17.5 Å². The van der Waals surface area contributed by atoms with Crippen LogP contribution in [0, 0.1) is 30.1 Å². The first kappa shape index (κ1) is 15.2. The van der Waals surface area contributed by atoms with E-state index in [-0.39, 0.29) is 0 Å². The summed E-state index contributed by atoms with van der Waals surface area (Å²) < 4.78 is 1.96. The van der Waals surface area contributed by atoms with Crippen LogP contribution in [0.4, 0.5) is 5.82 Å². The Morgan fingerprint density at radius 2 is 2.00 bits per heavy atom. The summed E-state index contributed by atoms with van der Waals surface area (Å²) >= 11 is 0. The molecular formula is C21H26N4. The van der Waals surface area contributed by atoms with Crippen LogP contribution in [-0.2, 0) is 0 Å². The lowest BCUT2D eigenvalue weighted by atomic mass is 9.45. The van der Waals surface area contributed by atoms with E-state index in [0.717, 1.165) is 39.9 Å². The number of aryl methyl sites for hydroxylation is 1. The van der Waals surface area contributed by atoms with Gasteiger partial charge in [0.2, 0.25) is 0 Å². The van der Waals surface area contributed by atoms with Gasteiger partial charge in [-0.05, 0) is 55.1 Å². The van der Waals surface area contributed by atoms with Crippen molar-refractivity contribution in [1.29, 1.82) is 0 Å². The van der Waals surface area contributed by atoms with E-state index in [1.807, 2.05) is 11.4 Å². The minimum Gasteiger partial charge on any atom is -0.366 e. The SMILES string of the molecule is Cc1cc2nc(NC3CC4CC(C3C)C4(C)C)c3ccccc3n2n1. The van der Waals surface area contributed by atoms with Crippen LogP contribution in [0.1, 0.15) is 39.3 Å². The Labute approximate surface area is 148 Å². The second-order valence-electron chi connectivity index (χ2n) is 8.74. The highest BCUT2D eigenvalue weighted by Crippen LogP contribution is 2.61. The van der Waals surface area contributed by atoms with Crippen molar-refractivity contribution in [3.8, 4) is 0 Å². The molecule has 3 aromatic rings. The first-order valence-corrected chi connectivity index (χ1v) is 9.47. The molecule has 4 nitrogen and oxygen atoms in total. The van der Waals surface area contributed by atoms with Crippen LogP contribution in [0.5, 0.6) is 0 Å². The minimum atomic E-state index is 0.513. The van der Waals surface area contributed by atoms with Crippen LogP contribution in [-0.4, -0.2) is 20.6 Å². The molecule has 130 valence electrons. The van der Waals surface area contributed by atoms with Gasteiger partial charge in [-0.15, -0.1) is 0 Å². The van der Waals surface area contributed by atoms with Crippen molar-refractivity contribution >= 4 is 22.4 Å². The van der Waals surface area contributed by atoms with E-state index in [4.69, 9.17) is 4.98 Å². The van der Waals surface area contributed by atoms with Gasteiger partial charge in [0.15, 0.2) is 5.65 Å². The van der Waals surface area contributed by atoms with Gasteiger partial charge >= 0.3 is 0 Å². The van der Waals surface area contributed by atoms with E-state index in [1.54, 1.807) is 0 Å². The van der Waals surface area contributed by atoms with Crippen molar-refractivity contribution in [2.75, 3.05) is 5.32 Å². The molecule has 0 radical (unpaired) electrons. The predicted molar refractivity (Wildman–Crippen MR) is 102 cm³/mol. The molecular weight excluding hydrogens is 308 g/mol. The third-order valence-electron chi connectivity index (χ3n) is 7.10. The summed E-state index contributed by atoms with van der Waals surface area (Å²) in [6.45, 7) is 9.35. The van der Waals surface area contributed by atoms with Crippen molar-refractivity contribution in [1.82, 2.24) is 14.6 Å². The van der Waals surface area contributed by atoms with E-state index < -0.39 is 0 Å². The Kier molecular flexibility index (Phi) is 3.01. The van der Waals surface area contributed by atoms with Gasteiger partial charge in [-0.3, -0.25) is 0 Å². The van der Waals surface area contributed by atoms with E-state index in [0.29, 0.717) is 17.4 Å². The fourth-order valence-corrected chi connectivity index (χ4v) is 5.40. The zero-order valence-electron chi connectivity index (χ0n) is 15.5. The molecule has 3 saturated carbocycles. The zero-order valence-corrected chi connectivity index (χ0v) is 15.5. The largest absolute Gasteiger partial charge is 0.366 e. The molecule has 1 N–H and O–H groups in total. The molecule has 4 heteroatoms. The van der Waals surface area contributed by atoms with Crippen molar-refractivity contribution in [3.63, 3.8) is 0 Å². The molecule has 6 rings (SSSR count). The van der Waals surface area contributed by atoms with Crippen LogP contribution in [0.2, 0.25) is 0 Å². The maximum atomic E-state index is 4.92. The standard InChI is InChI=1S/C21H26N4/c1-12-9-19-23-20(15-7-5-6-8-18(15)25(19)24-12)22-17-11-14-10-16(13(17)2)21(14,3)4/h5-9,13-14,16-17H,10-11H2,1-4H3,(H,22,23). The number of rotatable bonds is 2. The molecule has 2 aromatic heterocycles. The van der Waals surface area contributed by atoms with Crippen molar-refractivity contribution in [2.24, 2.45) is 23.2 Å². The van der Waals surface area contributed by atoms with Gasteiger partial charge in [0.05, 0.1) is 11.2 Å². The predicted octanol–water partition coefficient (Wildman–Crippen LogP) is 4.67. The number of benzene rings is 1. The van der Waals surface area contributed by atoms with Gasteiger partial charge in [-0.2, -0.15) is 5.10 Å². The summed E-state index contributed by atoms with van der Waals surface area (Å²) in [4.78, 5) is 4.92. The molecule has 2 bridgehead atoms. The minimum absolute atomic E-state index is 0.513. The summed E-state index contributed by atoms with van der Waals surface area (Å²) in [6.07, 6.45) is 2.66. The van der Waals surface area contributed by atoms with Gasteiger partial charge < -0.3 is 5.32 Å². The molecule has 4 unspecified atom stereocenters. The molecule has 0 aliphatic heterocycles. The van der Waals surface area contributed by atoms with Gasteiger partial charge in [-0.25, -0.2) is 9.50 Å². The average Bonchev–Trinajstić information content (AvgIpc) is 2.96. The summed E-state index contributed by atoms with van der Waals surface area (Å²) in [5.41, 5.74) is 3.56. The number of fused-ring (bicyclic) bond motifs is 5. The topological polar surface area (TPSA) is 42.2 Å². The van der Waals surface area contributed by atoms with E-state index >= 15 is 0 Å². The van der Waals surface area contributed by atoms with Crippen molar-refractivity contribution in [2.45, 2.75) is 46.6 Å². The highest BCUT2D eigenvalue weighted by molar-refractivity contribution is 5.91. The molecule has 0 saturated heterocycles. The maximum absolute atomic E-state index is 4.92. The fraction of sp³-hybridized carbons (Fsp3) is 0.524. The third-order valence-corrected chi connectivity index (χ3v) is 7.10. The Morgan fingerprint density at radius 1 is 1.20 bits per heavy atom. The number of nitrogens with one attached hydrogen (secondary N) is 1. The van der Waals surface area contributed by atoms with Gasteiger partial charge in [-0.1, -0.05) is 32.9 Å². The Bertz CT molecular complexity index is 971. The number of hydrogen-bond acceptors (Lipinski definition) is 3. The van der Waals surface area contributed by atoms with Crippen LogP contribution in [0.25, 0.3) is 16.6 Å². The lowest BCUT2D eigenvalue weighted by molar-refractivity contribution is -0.105. The zero-order chi connectivity index (χ0) is 17.3. The van der Waals surface area contributed by atoms with Crippen LogP contribution in [0.15, 0.2) is 30.3 Å². The Morgan fingerprint density at radius 3 is 2.76 bits per heavy atom. The van der Waals surface area contributed by atoms with E-state index in [9.17, 15) is 0 Å². The molecule has 4 atom stereocenters. The van der Waals surface area contributed by atoms with Gasteiger partial charge in [0.25, 0.3) is 0 Å². The molecule has 3 aliphatic rings. The first-order valence-electron chi connectivity index (χ1n) is 9.47. The molecule has 0 spiro atoms. The highest BCUT2D eigenvalue weighted by atomic mass is 15.3. The molecule has 2 heterocycles. The van der Waals surface area contributed by atoms with Crippen molar-refractivity contribution in [3.05, 3.63) is 36.0 Å². The molecule has 25 heavy (non-hydrogen) atoms. The summed E-state index contributed by atoms with van der Waals surface area (Å²) in [5, 5.41) is 9.59. The fourth-order valence-electron chi connectivity index (χ4n) is 5.40. The lowest BCUT2D eigenvalue weighted by Gasteiger charge is -2.62. The van der Waals surface area contributed by atoms with Crippen LogP contribution >= 0.6 is 0 Å². The van der Waals surface area contributed by atoms with Crippen molar-refractivity contribution < 1.29 is 0 Å². The monoisotopic (exact) mass is 334 g/mol. The van der Waals surface area contributed by atoms with Crippen LogP contribution in [0.3, 0.4) is 0 Å². The van der Waals surface area contributed by atoms with Crippen LogP contribution < -0.4 is 5.32 Å². The Hall–Kier alpha value is -2.10. The second kappa shape index (κ2) is 4.96. The van der Waals surface area contributed by atoms with E-state index in [1.165, 1.54) is 12.8 Å². The number of para-hydroxylation sites is 1. The maximum Gasteiger partial charge on any atom is 0.158 e. The number of aromatic nitrogens is 3. The highest BCUT2D eigenvalue weighted by Gasteiger charge is 2.56. The smallest absolute Gasteiger partial charge is 0.158 e. The number of nitrogens with zero attached hydrogens (tertiary/aromatic N) is 3. The summed E-state index contributed by atoms with van der Waals surface area (Å²) in [5.74, 6) is 3.37. The second-order valence-corrected chi connectivity index (χ2v) is 8.74. The third kappa shape index (κ3) is 2.06. The average molecular weight is 334 g/mol. The molecule has 1 aromatic carbocycles. The van der Waals surface area contributed by atoms with E-state index in [2.05, 4.69) is 61.5 Å². The number of hydrogen-bond donors (Lipinski definition) is 1. The lowest BCUT2D eigenvalue weighted by Crippen LogP contribution is -2.58. The first-order chi connectivity index (χ1) is 11.9. The van der Waals surface area contributed by atoms with Gasteiger partial charge in [0.1, 0.15) is 5.82 Å². The Balaban J connectivity index is 1.57.